The van der Waals surface area contributed by atoms with Crippen LogP contribution in [0.25, 0.3) is 11.5 Å². The van der Waals surface area contributed by atoms with Crippen molar-refractivity contribution in [2.45, 2.75) is 32.3 Å². The maximum Gasteiger partial charge on any atom is 0.247 e. The van der Waals surface area contributed by atoms with Gasteiger partial charge < -0.3 is 9.52 Å². The minimum Gasteiger partial charge on any atom is -0.418 e. The van der Waals surface area contributed by atoms with E-state index in [1.807, 2.05) is 30.3 Å². The first-order valence-electron chi connectivity index (χ1n) is 5.88. The first kappa shape index (κ1) is 11.8. The van der Waals surface area contributed by atoms with Crippen molar-refractivity contribution in [1.82, 2.24) is 10.2 Å². The van der Waals surface area contributed by atoms with Gasteiger partial charge in [-0.1, -0.05) is 38.0 Å². The third-order valence-electron chi connectivity index (χ3n) is 2.58. The molecule has 1 atom stereocenters. The Morgan fingerprint density at radius 1 is 1.24 bits per heavy atom. The third kappa shape index (κ3) is 2.91. The van der Waals surface area contributed by atoms with Crippen molar-refractivity contribution >= 4 is 0 Å². The van der Waals surface area contributed by atoms with Crippen molar-refractivity contribution in [3.63, 3.8) is 0 Å². The van der Waals surface area contributed by atoms with Gasteiger partial charge in [0, 0.05) is 5.56 Å². The Kier molecular flexibility index (Phi) is 3.88. The summed E-state index contributed by atoms with van der Waals surface area (Å²) in [4.78, 5) is 0. The highest BCUT2D eigenvalue weighted by molar-refractivity contribution is 5.51. The minimum absolute atomic E-state index is 0.303. The second kappa shape index (κ2) is 5.59. The summed E-state index contributed by atoms with van der Waals surface area (Å²) in [7, 11) is 0. The molecule has 1 unspecified atom stereocenters. The highest BCUT2D eigenvalue weighted by Gasteiger charge is 2.15. The summed E-state index contributed by atoms with van der Waals surface area (Å²) >= 11 is 0. The fraction of sp³-hybridized carbons (Fsp3) is 0.385. The van der Waals surface area contributed by atoms with Crippen LogP contribution < -0.4 is 0 Å². The van der Waals surface area contributed by atoms with E-state index in [-0.39, 0.29) is 0 Å². The lowest BCUT2D eigenvalue weighted by Crippen LogP contribution is -1.97. The van der Waals surface area contributed by atoms with Crippen LogP contribution in [0.4, 0.5) is 0 Å². The summed E-state index contributed by atoms with van der Waals surface area (Å²) in [6, 6.07) is 9.54. The number of benzene rings is 1. The zero-order valence-electron chi connectivity index (χ0n) is 9.84. The molecule has 17 heavy (non-hydrogen) atoms. The van der Waals surface area contributed by atoms with Gasteiger partial charge in [-0.2, -0.15) is 0 Å². The number of hydrogen-bond acceptors (Lipinski definition) is 4. The van der Waals surface area contributed by atoms with Gasteiger partial charge in [-0.25, -0.2) is 0 Å². The molecule has 0 saturated heterocycles. The molecule has 4 heteroatoms. The average Bonchev–Trinajstić information content (AvgIpc) is 2.86. The van der Waals surface area contributed by atoms with E-state index >= 15 is 0 Å². The molecule has 0 amide bonds. The van der Waals surface area contributed by atoms with Crippen molar-refractivity contribution in [3.8, 4) is 11.5 Å². The second-order valence-corrected chi connectivity index (χ2v) is 3.97. The molecule has 2 aromatic rings. The van der Waals surface area contributed by atoms with Gasteiger partial charge in [0.2, 0.25) is 11.8 Å². The van der Waals surface area contributed by atoms with Crippen LogP contribution in [-0.4, -0.2) is 15.3 Å². The van der Waals surface area contributed by atoms with Crippen LogP contribution in [0.3, 0.4) is 0 Å². The van der Waals surface area contributed by atoms with Gasteiger partial charge in [-0.3, -0.25) is 0 Å². The maximum atomic E-state index is 9.82. The quantitative estimate of drug-likeness (QED) is 0.861. The summed E-state index contributed by atoms with van der Waals surface area (Å²) in [6.07, 6.45) is 1.99. The van der Waals surface area contributed by atoms with Gasteiger partial charge in [-0.05, 0) is 18.6 Å². The summed E-state index contributed by atoms with van der Waals surface area (Å²) in [6.45, 7) is 2.08. The Morgan fingerprint density at radius 2 is 2.00 bits per heavy atom. The van der Waals surface area contributed by atoms with E-state index in [2.05, 4.69) is 17.1 Å². The lowest BCUT2D eigenvalue weighted by atomic mass is 10.2. The van der Waals surface area contributed by atoms with Crippen molar-refractivity contribution in [3.05, 3.63) is 36.2 Å². The molecule has 1 heterocycles. The molecule has 0 saturated carbocycles. The smallest absolute Gasteiger partial charge is 0.247 e. The first-order valence-corrected chi connectivity index (χ1v) is 5.88. The van der Waals surface area contributed by atoms with E-state index in [1.54, 1.807) is 0 Å². The maximum absolute atomic E-state index is 9.82. The Labute approximate surface area is 100 Å². The van der Waals surface area contributed by atoms with Gasteiger partial charge >= 0.3 is 0 Å². The van der Waals surface area contributed by atoms with Crippen LogP contribution in [-0.2, 0) is 0 Å². The summed E-state index contributed by atoms with van der Waals surface area (Å²) in [5, 5.41) is 17.6. The normalized spacial score (nSPS) is 12.6. The average molecular weight is 232 g/mol. The molecule has 0 aliphatic rings. The fourth-order valence-corrected chi connectivity index (χ4v) is 1.59. The van der Waals surface area contributed by atoms with Crippen LogP contribution in [0.2, 0.25) is 0 Å². The number of aliphatic hydroxyl groups is 1. The van der Waals surface area contributed by atoms with Crippen LogP contribution in [0.1, 0.15) is 38.2 Å². The van der Waals surface area contributed by atoms with Crippen molar-refractivity contribution in [2.75, 3.05) is 0 Å². The van der Waals surface area contributed by atoms with Gasteiger partial charge in [0.1, 0.15) is 6.10 Å². The molecule has 1 aromatic carbocycles. The van der Waals surface area contributed by atoms with E-state index in [1.165, 1.54) is 0 Å². The van der Waals surface area contributed by atoms with E-state index < -0.39 is 6.10 Å². The summed E-state index contributed by atoms with van der Waals surface area (Å²) in [5.41, 5.74) is 0.869. The van der Waals surface area contributed by atoms with E-state index in [0.29, 0.717) is 18.2 Å². The highest BCUT2D eigenvalue weighted by Crippen LogP contribution is 2.22. The predicted octanol–water partition coefficient (Wildman–Crippen LogP) is 2.96. The lowest BCUT2D eigenvalue weighted by molar-refractivity contribution is 0.132. The largest absolute Gasteiger partial charge is 0.418 e. The monoisotopic (exact) mass is 232 g/mol. The number of aromatic nitrogens is 2. The molecular formula is C13H16N2O2. The zero-order valence-corrected chi connectivity index (χ0v) is 9.84. The lowest BCUT2D eigenvalue weighted by Gasteiger charge is -2.03. The Bertz CT molecular complexity index is 453. The van der Waals surface area contributed by atoms with Crippen LogP contribution in [0, 0.1) is 0 Å². The second-order valence-electron chi connectivity index (χ2n) is 3.97. The fourth-order valence-electron chi connectivity index (χ4n) is 1.59. The third-order valence-corrected chi connectivity index (χ3v) is 2.58. The van der Waals surface area contributed by atoms with Gasteiger partial charge in [0.15, 0.2) is 0 Å². The molecule has 1 N–H and O–H groups in total. The molecule has 2 rings (SSSR count). The number of unbranched alkanes of at least 4 members (excludes halogenated alkanes) is 1. The minimum atomic E-state index is -0.653. The zero-order chi connectivity index (χ0) is 12.1. The van der Waals surface area contributed by atoms with Crippen molar-refractivity contribution in [2.24, 2.45) is 0 Å². The first-order chi connectivity index (χ1) is 8.31. The van der Waals surface area contributed by atoms with E-state index in [9.17, 15) is 5.11 Å². The van der Waals surface area contributed by atoms with E-state index in [0.717, 1.165) is 18.4 Å². The van der Waals surface area contributed by atoms with Gasteiger partial charge in [0.25, 0.3) is 0 Å². The van der Waals surface area contributed by atoms with Crippen LogP contribution in [0.15, 0.2) is 34.7 Å². The molecule has 0 aliphatic heterocycles. The molecule has 0 fully saturated rings. The number of aliphatic hydroxyl groups excluding tert-OH is 1. The van der Waals surface area contributed by atoms with Crippen LogP contribution in [0.5, 0.6) is 0 Å². The molecule has 0 radical (unpaired) electrons. The molecule has 0 bridgehead atoms. The SMILES string of the molecule is CCCCC(O)c1nnc(-c2ccccc2)o1. The Balaban J connectivity index is 2.11. The molecule has 0 aliphatic carbocycles. The summed E-state index contributed by atoms with van der Waals surface area (Å²) in [5.74, 6) is 0.758. The van der Waals surface area contributed by atoms with Gasteiger partial charge in [0.05, 0.1) is 0 Å². The standard InChI is InChI=1S/C13H16N2O2/c1-2-3-9-11(16)13-15-14-12(17-13)10-7-5-4-6-8-10/h4-8,11,16H,2-3,9H2,1H3. The van der Waals surface area contributed by atoms with Crippen molar-refractivity contribution < 1.29 is 9.52 Å². The number of hydrogen-bond donors (Lipinski definition) is 1. The number of nitrogens with zero attached hydrogens (tertiary/aromatic N) is 2. The predicted molar refractivity (Wildman–Crippen MR) is 64.2 cm³/mol. The summed E-state index contributed by atoms with van der Waals surface area (Å²) < 4.78 is 5.46. The number of rotatable bonds is 5. The van der Waals surface area contributed by atoms with Crippen molar-refractivity contribution in [1.29, 1.82) is 0 Å². The molecule has 1 aromatic heterocycles. The molecule has 90 valence electrons. The highest BCUT2D eigenvalue weighted by atomic mass is 16.4. The molecule has 4 nitrogen and oxygen atoms in total. The Hall–Kier alpha value is -1.68. The van der Waals surface area contributed by atoms with Gasteiger partial charge in [-0.15, -0.1) is 10.2 Å². The molecular weight excluding hydrogens is 216 g/mol. The topological polar surface area (TPSA) is 59.2 Å². The van der Waals surface area contributed by atoms with Crippen LogP contribution >= 0.6 is 0 Å². The Morgan fingerprint density at radius 3 is 2.71 bits per heavy atom. The van der Waals surface area contributed by atoms with E-state index in [4.69, 9.17) is 4.42 Å². The molecule has 0 spiro atoms.